The first-order valence-corrected chi connectivity index (χ1v) is 7.39. The van der Waals surface area contributed by atoms with Crippen LogP contribution in [0.15, 0.2) is 47.6 Å². The van der Waals surface area contributed by atoms with E-state index in [-0.39, 0.29) is 29.8 Å². The van der Waals surface area contributed by atoms with Crippen LogP contribution in [0.4, 0.5) is 4.39 Å². The third-order valence-corrected chi connectivity index (χ3v) is 3.33. The van der Waals surface area contributed by atoms with Gasteiger partial charge < -0.3 is 15.4 Å². The normalized spacial score (nSPS) is 10.7. The standard InChI is InChI=1S/C17H21FN4O.HI/c1-19-17(20-10-9-14-5-3-4-6-15(14)18)22-12-13-7-8-16(23-2)21-11-13;/h3-8,11H,9-10,12H2,1-2H3,(H2,19,20,22);1H. The molecular weight excluding hydrogens is 422 g/mol. The monoisotopic (exact) mass is 444 g/mol. The van der Waals surface area contributed by atoms with E-state index in [1.165, 1.54) is 6.07 Å². The molecule has 0 aliphatic rings. The highest BCUT2D eigenvalue weighted by Crippen LogP contribution is 2.07. The molecule has 0 saturated carbocycles. The maximum absolute atomic E-state index is 13.5. The van der Waals surface area contributed by atoms with E-state index in [0.717, 1.165) is 5.56 Å². The molecule has 7 heteroatoms. The third-order valence-electron chi connectivity index (χ3n) is 3.33. The molecule has 0 bridgehead atoms. The number of halogens is 2. The van der Waals surface area contributed by atoms with E-state index in [2.05, 4.69) is 20.6 Å². The quantitative estimate of drug-likeness (QED) is 0.409. The minimum atomic E-state index is -0.179. The summed E-state index contributed by atoms with van der Waals surface area (Å²) >= 11 is 0. The van der Waals surface area contributed by atoms with Crippen LogP contribution in [-0.2, 0) is 13.0 Å². The largest absolute Gasteiger partial charge is 0.481 e. The van der Waals surface area contributed by atoms with Crippen LogP contribution in [0, 0.1) is 5.82 Å². The van der Waals surface area contributed by atoms with Crippen molar-refractivity contribution < 1.29 is 9.13 Å². The van der Waals surface area contributed by atoms with E-state index in [1.54, 1.807) is 32.5 Å². The van der Waals surface area contributed by atoms with Gasteiger partial charge in [-0.3, -0.25) is 4.99 Å². The van der Waals surface area contributed by atoms with Gasteiger partial charge in [0.05, 0.1) is 7.11 Å². The molecule has 1 aromatic heterocycles. The van der Waals surface area contributed by atoms with E-state index in [1.807, 2.05) is 18.2 Å². The molecule has 130 valence electrons. The average Bonchev–Trinajstić information content (AvgIpc) is 2.60. The van der Waals surface area contributed by atoms with Gasteiger partial charge in [0.15, 0.2) is 5.96 Å². The predicted octanol–water partition coefficient (Wildman–Crippen LogP) is 2.76. The Morgan fingerprint density at radius 1 is 1.21 bits per heavy atom. The molecule has 0 saturated heterocycles. The zero-order chi connectivity index (χ0) is 16.5. The molecule has 0 aliphatic heterocycles. The number of rotatable bonds is 6. The number of aromatic nitrogens is 1. The number of ether oxygens (including phenoxy) is 1. The number of nitrogens with one attached hydrogen (secondary N) is 2. The first-order chi connectivity index (χ1) is 11.2. The van der Waals surface area contributed by atoms with Crippen molar-refractivity contribution in [2.75, 3.05) is 20.7 Å². The molecule has 0 amide bonds. The molecule has 1 heterocycles. The molecule has 0 atom stereocenters. The zero-order valence-corrected chi connectivity index (χ0v) is 16.1. The van der Waals surface area contributed by atoms with Gasteiger partial charge >= 0.3 is 0 Å². The van der Waals surface area contributed by atoms with Crippen LogP contribution in [0.25, 0.3) is 0 Å². The predicted molar refractivity (Wildman–Crippen MR) is 105 cm³/mol. The van der Waals surface area contributed by atoms with Gasteiger partial charge in [0, 0.05) is 32.4 Å². The maximum Gasteiger partial charge on any atom is 0.212 e. The molecule has 5 nitrogen and oxygen atoms in total. The summed E-state index contributed by atoms with van der Waals surface area (Å²) in [6, 6.07) is 10.5. The van der Waals surface area contributed by atoms with Crippen LogP contribution in [0.2, 0.25) is 0 Å². The number of hydrogen-bond acceptors (Lipinski definition) is 3. The van der Waals surface area contributed by atoms with Gasteiger partial charge in [-0.15, -0.1) is 24.0 Å². The highest BCUT2D eigenvalue weighted by molar-refractivity contribution is 14.0. The van der Waals surface area contributed by atoms with Crippen LogP contribution < -0.4 is 15.4 Å². The summed E-state index contributed by atoms with van der Waals surface area (Å²) < 4.78 is 18.6. The molecule has 0 spiro atoms. The fourth-order valence-electron chi connectivity index (χ4n) is 2.06. The van der Waals surface area contributed by atoms with E-state index in [9.17, 15) is 4.39 Å². The molecular formula is C17H22FIN4O. The summed E-state index contributed by atoms with van der Waals surface area (Å²) in [6.07, 6.45) is 2.34. The van der Waals surface area contributed by atoms with Crippen molar-refractivity contribution in [1.82, 2.24) is 15.6 Å². The summed E-state index contributed by atoms with van der Waals surface area (Å²) in [5, 5.41) is 6.35. The lowest BCUT2D eigenvalue weighted by Gasteiger charge is -2.12. The smallest absolute Gasteiger partial charge is 0.212 e. The summed E-state index contributed by atoms with van der Waals surface area (Å²) in [5.41, 5.74) is 1.71. The fourth-order valence-corrected chi connectivity index (χ4v) is 2.06. The molecule has 2 N–H and O–H groups in total. The van der Waals surface area contributed by atoms with Crippen molar-refractivity contribution in [1.29, 1.82) is 0 Å². The molecule has 0 aliphatic carbocycles. The highest BCUT2D eigenvalue weighted by Gasteiger charge is 2.02. The molecule has 0 radical (unpaired) electrons. The van der Waals surface area contributed by atoms with E-state index in [4.69, 9.17) is 4.74 Å². The Labute approximate surface area is 158 Å². The van der Waals surface area contributed by atoms with Crippen molar-refractivity contribution in [3.05, 3.63) is 59.5 Å². The first kappa shape index (κ1) is 20.1. The van der Waals surface area contributed by atoms with Gasteiger partial charge in [-0.1, -0.05) is 24.3 Å². The SMILES string of the molecule is CN=C(NCCc1ccccc1F)NCc1ccc(OC)nc1.I. The minimum absolute atomic E-state index is 0. The van der Waals surface area contributed by atoms with Crippen molar-refractivity contribution in [3.8, 4) is 5.88 Å². The lowest BCUT2D eigenvalue weighted by Crippen LogP contribution is -2.37. The Morgan fingerprint density at radius 3 is 2.62 bits per heavy atom. The number of guanidine groups is 1. The Morgan fingerprint density at radius 2 is 2.00 bits per heavy atom. The van der Waals surface area contributed by atoms with E-state index in [0.29, 0.717) is 36.9 Å². The van der Waals surface area contributed by atoms with Crippen LogP contribution in [0.1, 0.15) is 11.1 Å². The lowest BCUT2D eigenvalue weighted by atomic mass is 10.1. The lowest BCUT2D eigenvalue weighted by molar-refractivity contribution is 0.397. The zero-order valence-electron chi connectivity index (χ0n) is 13.8. The van der Waals surface area contributed by atoms with Crippen molar-refractivity contribution in [3.63, 3.8) is 0 Å². The Balaban J connectivity index is 0.00000288. The maximum atomic E-state index is 13.5. The van der Waals surface area contributed by atoms with Crippen molar-refractivity contribution in [2.24, 2.45) is 4.99 Å². The summed E-state index contributed by atoms with van der Waals surface area (Å²) in [7, 11) is 3.28. The Hall–Kier alpha value is -1.90. The number of pyridine rings is 1. The number of hydrogen-bond donors (Lipinski definition) is 2. The Kier molecular flexibility index (Phi) is 9.06. The van der Waals surface area contributed by atoms with Crippen LogP contribution in [0.5, 0.6) is 5.88 Å². The summed E-state index contributed by atoms with van der Waals surface area (Å²) in [5.74, 6) is 1.07. The number of aliphatic imine (C=N–C) groups is 1. The second-order valence-corrected chi connectivity index (χ2v) is 4.90. The fraction of sp³-hybridized carbons (Fsp3) is 0.294. The second-order valence-electron chi connectivity index (χ2n) is 4.90. The van der Waals surface area contributed by atoms with Crippen LogP contribution >= 0.6 is 24.0 Å². The van der Waals surface area contributed by atoms with Gasteiger partial charge in [0.1, 0.15) is 5.82 Å². The van der Waals surface area contributed by atoms with Crippen LogP contribution in [-0.4, -0.2) is 31.6 Å². The topological polar surface area (TPSA) is 58.5 Å². The van der Waals surface area contributed by atoms with Gasteiger partial charge in [0.25, 0.3) is 0 Å². The number of benzene rings is 1. The van der Waals surface area contributed by atoms with E-state index >= 15 is 0 Å². The first-order valence-electron chi connectivity index (χ1n) is 7.39. The highest BCUT2D eigenvalue weighted by atomic mass is 127. The van der Waals surface area contributed by atoms with E-state index < -0.39 is 0 Å². The van der Waals surface area contributed by atoms with Crippen LogP contribution in [0.3, 0.4) is 0 Å². The average molecular weight is 444 g/mol. The Bertz CT molecular complexity index is 649. The van der Waals surface area contributed by atoms with Gasteiger partial charge in [-0.25, -0.2) is 9.37 Å². The second kappa shape index (κ2) is 10.8. The minimum Gasteiger partial charge on any atom is -0.481 e. The van der Waals surface area contributed by atoms with Crippen molar-refractivity contribution >= 4 is 29.9 Å². The third kappa shape index (κ3) is 6.31. The van der Waals surface area contributed by atoms with Gasteiger partial charge in [-0.2, -0.15) is 0 Å². The van der Waals surface area contributed by atoms with Gasteiger partial charge in [-0.05, 0) is 23.6 Å². The molecule has 24 heavy (non-hydrogen) atoms. The van der Waals surface area contributed by atoms with Gasteiger partial charge in [0.2, 0.25) is 5.88 Å². The molecule has 2 rings (SSSR count). The molecule has 0 unspecified atom stereocenters. The number of methoxy groups -OCH3 is 1. The molecule has 1 aromatic carbocycles. The number of nitrogens with zero attached hydrogens (tertiary/aromatic N) is 2. The van der Waals surface area contributed by atoms with Crippen molar-refractivity contribution in [2.45, 2.75) is 13.0 Å². The summed E-state index contributed by atoms with van der Waals surface area (Å²) in [6.45, 7) is 1.19. The molecule has 2 aromatic rings. The summed E-state index contributed by atoms with van der Waals surface area (Å²) in [4.78, 5) is 8.29. The molecule has 0 fully saturated rings.